The third kappa shape index (κ3) is 4.54. The number of aromatic carboxylic acids is 1. The van der Waals surface area contributed by atoms with Crippen molar-refractivity contribution in [2.75, 3.05) is 4.90 Å². The summed E-state index contributed by atoms with van der Waals surface area (Å²) in [4.78, 5) is 30.3. The molecule has 1 aliphatic rings. The van der Waals surface area contributed by atoms with E-state index in [1.807, 2.05) is 0 Å². The molecule has 4 rings (SSSR count). The third-order valence-electron chi connectivity index (χ3n) is 4.40. The van der Waals surface area contributed by atoms with Gasteiger partial charge in [-0.05, 0) is 84.1 Å². The van der Waals surface area contributed by atoms with E-state index in [9.17, 15) is 18.4 Å². The first-order valence-electron chi connectivity index (χ1n) is 9.08. The van der Waals surface area contributed by atoms with Gasteiger partial charge in [-0.25, -0.2) is 18.6 Å². The van der Waals surface area contributed by atoms with Crippen LogP contribution in [0, 0.1) is 11.6 Å². The fourth-order valence-electron chi connectivity index (χ4n) is 2.87. The highest BCUT2D eigenvalue weighted by Crippen LogP contribution is 2.37. The van der Waals surface area contributed by atoms with Crippen molar-refractivity contribution in [2.45, 2.75) is 0 Å². The molecule has 1 saturated heterocycles. The topological polar surface area (TPSA) is 70.0 Å². The summed E-state index contributed by atoms with van der Waals surface area (Å²) < 4.78 is 26.6. The predicted octanol–water partition coefficient (Wildman–Crippen LogP) is 5.47. The van der Waals surface area contributed by atoms with Crippen LogP contribution in [0.2, 0.25) is 0 Å². The smallest absolute Gasteiger partial charge is 0.335 e. The Morgan fingerprint density at radius 3 is 2.06 bits per heavy atom. The number of anilines is 1. The Morgan fingerprint density at radius 1 is 0.903 bits per heavy atom. The summed E-state index contributed by atoms with van der Waals surface area (Å²) in [6.07, 6.45) is 1.63. The SMILES string of the molecule is O=C(O)c1ccc(/C=C2\SC(=Nc3ccc(F)cc3)N(c3ccc(F)cc3)C2=O)cc1. The number of rotatable bonds is 4. The van der Waals surface area contributed by atoms with Gasteiger partial charge in [0.05, 0.1) is 21.8 Å². The minimum absolute atomic E-state index is 0.138. The van der Waals surface area contributed by atoms with Gasteiger partial charge >= 0.3 is 5.97 Å². The third-order valence-corrected chi connectivity index (χ3v) is 5.37. The standard InChI is InChI=1S/C23H14F2N2O3S/c24-16-5-9-18(10-6-16)26-23-27(19-11-7-17(25)8-12-19)21(28)20(31-23)13-14-1-3-15(4-2-14)22(29)30/h1-13H,(H,29,30)/b20-13-,26-23?. The Bertz CT molecular complexity index is 1210. The number of amides is 1. The molecule has 5 nitrogen and oxygen atoms in total. The van der Waals surface area contributed by atoms with Gasteiger partial charge in [0.15, 0.2) is 5.17 Å². The zero-order valence-electron chi connectivity index (χ0n) is 15.8. The fourth-order valence-corrected chi connectivity index (χ4v) is 3.87. The van der Waals surface area contributed by atoms with Crippen LogP contribution in [0.15, 0.2) is 82.7 Å². The molecule has 0 aliphatic carbocycles. The molecule has 3 aromatic rings. The van der Waals surface area contributed by atoms with Crippen LogP contribution in [-0.4, -0.2) is 22.2 Å². The lowest BCUT2D eigenvalue weighted by Gasteiger charge is -2.15. The second kappa shape index (κ2) is 8.53. The van der Waals surface area contributed by atoms with E-state index >= 15 is 0 Å². The van der Waals surface area contributed by atoms with Gasteiger partial charge in [0.25, 0.3) is 5.91 Å². The second-order valence-electron chi connectivity index (χ2n) is 6.53. The molecule has 1 N–H and O–H groups in total. The Morgan fingerprint density at radius 2 is 1.48 bits per heavy atom. The van der Waals surface area contributed by atoms with E-state index in [0.717, 1.165) is 11.8 Å². The van der Waals surface area contributed by atoms with Crippen molar-refractivity contribution in [3.8, 4) is 0 Å². The van der Waals surface area contributed by atoms with Crippen LogP contribution >= 0.6 is 11.8 Å². The molecule has 3 aromatic carbocycles. The van der Waals surface area contributed by atoms with E-state index in [1.54, 1.807) is 18.2 Å². The van der Waals surface area contributed by atoms with Gasteiger partial charge in [0, 0.05) is 0 Å². The second-order valence-corrected chi connectivity index (χ2v) is 7.53. The summed E-state index contributed by atoms with van der Waals surface area (Å²) in [5, 5.41) is 9.36. The van der Waals surface area contributed by atoms with Crippen molar-refractivity contribution < 1.29 is 23.5 Å². The van der Waals surface area contributed by atoms with Crippen molar-refractivity contribution >= 4 is 46.3 Å². The van der Waals surface area contributed by atoms with Crippen LogP contribution in [0.4, 0.5) is 20.2 Å². The Balaban J connectivity index is 1.73. The van der Waals surface area contributed by atoms with Crippen LogP contribution in [0.5, 0.6) is 0 Å². The minimum Gasteiger partial charge on any atom is -0.478 e. The first-order chi connectivity index (χ1) is 14.9. The van der Waals surface area contributed by atoms with Gasteiger partial charge in [0.1, 0.15) is 11.6 Å². The van der Waals surface area contributed by atoms with Crippen LogP contribution in [0.3, 0.4) is 0 Å². The lowest BCUT2D eigenvalue weighted by molar-refractivity contribution is -0.113. The number of carboxylic acids is 1. The fraction of sp³-hybridized carbons (Fsp3) is 0. The van der Waals surface area contributed by atoms with Crippen LogP contribution in [0.25, 0.3) is 6.08 Å². The summed E-state index contributed by atoms with van der Waals surface area (Å²) in [5.41, 5.74) is 1.67. The summed E-state index contributed by atoms with van der Waals surface area (Å²) in [5.74, 6) is -2.24. The van der Waals surface area contributed by atoms with E-state index in [-0.39, 0.29) is 11.5 Å². The molecule has 1 amide bonds. The molecule has 0 saturated carbocycles. The van der Waals surface area contributed by atoms with Gasteiger partial charge < -0.3 is 5.11 Å². The first-order valence-corrected chi connectivity index (χ1v) is 9.89. The highest BCUT2D eigenvalue weighted by molar-refractivity contribution is 8.19. The van der Waals surface area contributed by atoms with Crippen molar-refractivity contribution in [2.24, 2.45) is 4.99 Å². The van der Waals surface area contributed by atoms with Crippen molar-refractivity contribution in [3.63, 3.8) is 0 Å². The number of hydrogen-bond donors (Lipinski definition) is 1. The zero-order valence-corrected chi connectivity index (χ0v) is 16.6. The van der Waals surface area contributed by atoms with E-state index in [1.165, 1.54) is 65.6 Å². The monoisotopic (exact) mass is 436 g/mol. The molecule has 0 aromatic heterocycles. The lowest BCUT2D eigenvalue weighted by Crippen LogP contribution is -2.28. The number of amidine groups is 1. The largest absolute Gasteiger partial charge is 0.478 e. The Hall–Kier alpha value is -3.78. The number of thioether (sulfide) groups is 1. The molecular formula is C23H14F2N2O3S. The van der Waals surface area contributed by atoms with E-state index in [0.29, 0.717) is 27.0 Å². The molecule has 1 heterocycles. The van der Waals surface area contributed by atoms with E-state index in [2.05, 4.69) is 4.99 Å². The molecule has 154 valence electrons. The number of benzene rings is 3. The van der Waals surface area contributed by atoms with Crippen molar-refractivity contribution in [3.05, 3.63) is 100 Å². The number of nitrogens with zero attached hydrogens (tertiary/aromatic N) is 2. The van der Waals surface area contributed by atoms with E-state index < -0.39 is 17.6 Å². The molecule has 0 bridgehead atoms. The summed E-state index contributed by atoms with van der Waals surface area (Å²) in [7, 11) is 0. The highest BCUT2D eigenvalue weighted by atomic mass is 32.2. The zero-order chi connectivity index (χ0) is 22.0. The van der Waals surface area contributed by atoms with Crippen LogP contribution in [0.1, 0.15) is 15.9 Å². The average molecular weight is 436 g/mol. The maximum atomic E-state index is 13.4. The van der Waals surface area contributed by atoms with Crippen LogP contribution < -0.4 is 4.90 Å². The minimum atomic E-state index is -1.04. The van der Waals surface area contributed by atoms with Gasteiger partial charge in [-0.15, -0.1) is 0 Å². The summed E-state index contributed by atoms with van der Waals surface area (Å²) >= 11 is 1.11. The molecule has 8 heteroatoms. The van der Waals surface area contributed by atoms with Crippen LogP contribution in [-0.2, 0) is 4.79 Å². The number of aliphatic imine (C=N–C) groups is 1. The summed E-state index contributed by atoms with van der Waals surface area (Å²) in [6.45, 7) is 0. The number of carbonyl (C=O) groups is 2. The number of halogens is 2. The van der Waals surface area contributed by atoms with Gasteiger partial charge in [-0.2, -0.15) is 0 Å². The maximum Gasteiger partial charge on any atom is 0.335 e. The van der Waals surface area contributed by atoms with Crippen molar-refractivity contribution in [1.29, 1.82) is 0 Å². The quantitative estimate of drug-likeness (QED) is 0.551. The molecule has 1 fully saturated rings. The molecule has 31 heavy (non-hydrogen) atoms. The summed E-state index contributed by atoms with van der Waals surface area (Å²) in [6, 6.07) is 17.0. The van der Waals surface area contributed by atoms with E-state index in [4.69, 9.17) is 5.11 Å². The van der Waals surface area contributed by atoms with Gasteiger partial charge in [0.2, 0.25) is 0 Å². The lowest BCUT2D eigenvalue weighted by atomic mass is 10.1. The number of carboxylic acid groups (broad SMARTS) is 1. The highest BCUT2D eigenvalue weighted by Gasteiger charge is 2.34. The first kappa shape index (κ1) is 20.5. The molecule has 1 aliphatic heterocycles. The Kier molecular flexibility index (Phi) is 5.64. The molecule has 0 unspecified atom stereocenters. The number of carbonyl (C=O) groups excluding carboxylic acids is 1. The maximum absolute atomic E-state index is 13.4. The normalized spacial score (nSPS) is 16.3. The van der Waals surface area contributed by atoms with Gasteiger partial charge in [-0.1, -0.05) is 12.1 Å². The molecule has 0 atom stereocenters. The predicted molar refractivity (Wildman–Crippen MR) is 116 cm³/mol. The molecule has 0 spiro atoms. The molecular weight excluding hydrogens is 422 g/mol. The molecule has 0 radical (unpaired) electrons. The average Bonchev–Trinajstić information content (AvgIpc) is 3.05. The number of hydrogen-bond acceptors (Lipinski definition) is 4. The Labute approximate surface area is 180 Å². The van der Waals surface area contributed by atoms with Crippen molar-refractivity contribution in [1.82, 2.24) is 0 Å². The van der Waals surface area contributed by atoms with Gasteiger partial charge in [-0.3, -0.25) is 9.69 Å².